The molecule has 0 N–H and O–H groups in total. The van der Waals surface area contributed by atoms with Gasteiger partial charge in [0.2, 0.25) is 5.78 Å². The van der Waals surface area contributed by atoms with E-state index in [9.17, 15) is 19.2 Å². The normalized spacial score (nSPS) is 10.8. The van der Waals surface area contributed by atoms with Gasteiger partial charge >= 0.3 is 17.7 Å². The fraction of sp³-hybridized carbons (Fsp3) is 0.100. The molecule has 0 aromatic heterocycles. The van der Waals surface area contributed by atoms with Crippen molar-refractivity contribution in [2.45, 2.75) is 0 Å². The summed E-state index contributed by atoms with van der Waals surface area (Å²) >= 11 is 0. The van der Waals surface area contributed by atoms with E-state index in [1.165, 1.54) is 25.3 Å². The highest BCUT2D eigenvalue weighted by molar-refractivity contribution is 6.70. The van der Waals surface area contributed by atoms with E-state index < -0.39 is 23.4 Å². The van der Waals surface area contributed by atoms with E-state index in [0.717, 1.165) is 7.11 Å². The van der Waals surface area contributed by atoms with E-state index in [2.05, 4.69) is 29.3 Å². The number of esters is 2. The lowest BCUT2D eigenvalue weighted by molar-refractivity contribution is -0.137. The zero-order valence-corrected chi connectivity index (χ0v) is 16.8. The number of nitrogens with zero attached hydrogens (tertiary/aromatic N) is 6. The molecule has 12 heteroatoms. The molecule has 0 fully saturated rings. The van der Waals surface area contributed by atoms with Gasteiger partial charge in [-0.2, -0.15) is 4.79 Å². The third-order valence-electron chi connectivity index (χ3n) is 3.97. The van der Waals surface area contributed by atoms with Crippen molar-refractivity contribution in [3.8, 4) is 0 Å². The molecule has 2 aromatic rings. The van der Waals surface area contributed by atoms with E-state index in [4.69, 9.17) is 11.1 Å². The molecule has 160 valence electrons. The summed E-state index contributed by atoms with van der Waals surface area (Å²) < 4.78 is 8.74. The molecule has 2 aromatic carbocycles. The van der Waals surface area contributed by atoms with Crippen molar-refractivity contribution < 1.29 is 33.4 Å². The van der Waals surface area contributed by atoms with Crippen LogP contribution in [0.25, 0.3) is 16.0 Å². The van der Waals surface area contributed by atoms with Gasteiger partial charge in [0.1, 0.15) is 0 Å². The zero-order valence-electron chi connectivity index (χ0n) is 16.8. The van der Waals surface area contributed by atoms with Crippen LogP contribution >= 0.6 is 0 Å². The van der Waals surface area contributed by atoms with Gasteiger partial charge < -0.3 is 15.0 Å². The highest BCUT2D eigenvalue weighted by atomic mass is 16.5. The molecular formula is C20H14N6O6. The number of methoxy groups -OCH3 is 2. The molecule has 3 rings (SSSR count). The molecule has 32 heavy (non-hydrogen) atoms. The Morgan fingerprint density at radius 3 is 2.22 bits per heavy atom. The number of carbonyl (C=O) groups is 4. The molecule has 0 unspecified atom stereocenters. The number of azide groups is 1. The second-order valence-electron chi connectivity index (χ2n) is 5.77. The Balaban J connectivity index is 0.000000233. The molecule has 0 aliphatic carbocycles. The summed E-state index contributed by atoms with van der Waals surface area (Å²) in [6, 6.07) is 12.6. The van der Waals surface area contributed by atoms with Gasteiger partial charge in [-0.15, -0.1) is 0 Å². The Hall–Kier alpha value is -4.92. The van der Waals surface area contributed by atoms with Crippen LogP contribution < -0.4 is 0 Å². The summed E-state index contributed by atoms with van der Waals surface area (Å²) in [6.45, 7) is 0. The van der Waals surface area contributed by atoms with Gasteiger partial charge in [0, 0.05) is 16.2 Å². The summed E-state index contributed by atoms with van der Waals surface area (Å²) in [5.41, 5.74) is 17.0. The Morgan fingerprint density at radius 1 is 0.969 bits per heavy atom. The van der Waals surface area contributed by atoms with E-state index in [0.29, 0.717) is 11.3 Å². The van der Waals surface area contributed by atoms with Gasteiger partial charge in [-0.1, -0.05) is 41.5 Å². The molecule has 1 aliphatic rings. The predicted octanol–water partition coefficient (Wildman–Crippen LogP) is 2.78. The number of hydrogen-bond acceptors (Lipinski definition) is 8. The van der Waals surface area contributed by atoms with Gasteiger partial charge in [-0.05, 0) is 17.7 Å². The van der Waals surface area contributed by atoms with E-state index in [1.54, 1.807) is 30.3 Å². The fourth-order valence-corrected chi connectivity index (χ4v) is 2.50. The summed E-state index contributed by atoms with van der Waals surface area (Å²) in [6.07, 6.45) is 0. The second kappa shape index (κ2) is 10.7. The van der Waals surface area contributed by atoms with E-state index in [1.807, 2.05) is 0 Å². The van der Waals surface area contributed by atoms with E-state index >= 15 is 0 Å². The fourth-order valence-electron chi connectivity index (χ4n) is 2.50. The molecule has 0 atom stereocenters. The largest absolute Gasteiger partial charge is 0.464 e. The van der Waals surface area contributed by atoms with Crippen molar-refractivity contribution >= 4 is 46.3 Å². The minimum atomic E-state index is -1.08. The molecule has 12 nitrogen and oxygen atoms in total. The van der Waals surface area contributed by atoms with Crippen LogP contribution in [0.3, 0.4) is 0 Å². The van der Waals surface area contributed by atoms with Crippen molar-refractivity contribution in [3.05, 3.63) is 75.6 Å². The third-order valence-corrected chi connectivity index (χ3v) is 3.97. The maximum atomic E-state index is 11.9. The van der Waals surface area contributed by atoms with Crippen molar-refractivity contribution in [1.29, 1.82) is 0 Å². The van der Waals surface area contributed by atoms with Crippen molar-refractivity contribution in [2.24, 2.45) is 10.1 Å². The number of rotatable bonds is 5. The van der Waals surface area contributed by atoms with Gasteiger partial charge in [0.25, 0.3) is 5.78 Å². The minimum absolute atomic E-state index is 0.0232. The predicted molar refractivity (Wildman–Crippen MR) is 110 cm³/mol. The number of ether oxygens (including phenoxy) is 2. The van der Waals surface area contributed by atoms with Crippen LogP contribution in [-0.4, -0.2) is 53.9 Å². The molecule has 0 amide bonds. The van der Waals surface area contributed by atoms with Crippen LogP contribution in [0.5, 0.6) is 0 Å². The lowest BCUT2D eigenvalue weighted by Gasteiger charge is -1.99. The van der Waals surface area contributed by atoms with Crippen LogP contribution in [0.1, 0.15) is 20.7 Å². The highest BCUT2D eigenvalue weighted by Crippen LogP contribution is 2.26. The number of carbonyl (C=O) groups excluding carboxylic acids is 4. The molecule has 0 saturated carbocycles. The quantitative estimate of drug-likeness (QED) is 0.132. The molecule has 0 bridgehead atoms. The molecule has 1 heterocycles. The Bertz CT molecular complexity index is 1240. The van der Waals surface area contributed by atoms with Crippen LogP contribution in [0.15, 0.2) is 58.6 Å². The number of benzene rings is 2. The number of fused-ring (bicyclic) bond motifs is 1. The lowest BCUT2D eigenvalue weighted by Crippen LogP contribution is -2.26. The minimum Gasteiger partial charge on any atom is -0.464 e. The van der Waals surface area contributed by atoms with Gasteiger partial charge in [0.05, 0.1) is 25.5 Å². The summed E-state index contributed by atoms with van der Waals surface area (Å²) in [7, 11) is 2.27. The monoisotopic (exact) mass is 434 g/mol. The maximum Gasteiger partial charge on any atom is 0.446 e. The third kappa shape index (κ3) is 4.97. The molecule has 0 spiro atoms. The Kier molecular flexibility index (Phi) is 7.84. The standard InChI is InChI=1S/C10H7N5O3.C10H7NO3/c1-18-10(17)8(13-11)9(16)6-4-2-3-5-7(6)14-15-12;1-14-10(13)8-9(12)6-4-2-3-5-7(6)11-8/h2-5H,1H3;2-5H,1H3. The van der Waals surface area contributed by atoms with Crippen LogP contribution in [0, 0.1) is 0 Å². The first-order chi connectivity index (χ1) is 15.4. The lowest BCUT2D eigenvalue weighted by atomic mass is 10.1. The molecule has 0 radical (unpaired) electrons. The average molecular weight is 434 g/mol. The summed E-state index contributed by atoms with van der Waals surface area (Å²) in [5.74, 6) is -3.04. The van der Waals surface area contributed by atoms with Crippen LogP contribution in [-0.2, 0) is 19.1 Å². The Labute approximate surface area is 180 Å². The van der Waals surface area contributed by atoms with Gasteiger partial charge in [0.15, 0.2) is 5.71 Å². The first-order valence-electron chi connectivity index (χ1n) is 8.69. The van der Waals surface area contributed by atoms with Crippen LogP contribution in [0.4, 0.5) is 11.4 Å². The summed E-state index contributed by atoms with van der Waals surface area (Å²) in [5, 5.41) is 3.30. The van der Waals surface area contributed by atoms with Gasteiger partial charge in [-0.25, -0.2) is 14.6 Å². The van der Waals surface area contributed by atoms with E-state index in [-0.39, 0.29) is 22.7 Å². The van der Waals surface area contributed by atoms with Crippen LogP contribution in [0.2, 0.25) is 0 Å². The van der Waals surface area contributed by atoms with Crippen molar-refractivity contribution in [3.63, 3.8) is 0 Å². The number of hydrogen-bond donors (Lipinski definition) is 0. The summed E-state index contributed by atoms with van der Waals surface area (Å²) in [4.78, 5) is 54.8. The average Bonchev–Trinajstić information content (AvgIpc) is 3.16. The van der Waals surface area contributed by atoms with Crippen molar-refractivity contribution in [1.82, 2.24) is 0 Å². The van der Waals surface area contributed by atoms with Gasteiger partial charge in [-0.3, -0.25) is 9.59 Å². The zero-order chi connectivity index (χ0) is 23.7. The molecule has 0 saturated heterocycles. The highest BCUT2D eigenvalue weighted by Gasteiger charge is 2.33. The number of ketones is 2. The number of para-hydroxylation sites is 1. The second-order valence-corrected chi connectivity index (χ2v) is 5.77. The molecular weight excluding hydrogens is 420 g/mol. The first-order valence-corrected chi connectivity index (χ1v) is 8.69. The topological polar surface area (TPSA) is 184 Å². The number of aliphatic imine (C=N–C) groups is 1. The SMILES string of the molecule is COC(=O)C(=[N+]=[N-])C(=O)c1ccccc1N=[N+]=[N-].COC(=O)C1=Nc2ccccc2C1=O. The first kappa shape index (κ1) is 23.4. The number of Topliss-reactive ketones (excluding diaryl/α,β-unsaturated/α-hetero) is 2. The van der Waals surface area contributed by atoms with Crippen molar-refractivity contribution in [2.75, 3.05) is 14.2 Å². The molecule has 1 aliphatic heterocycles. The Morgan fingerprint density at radius 2 is 1.62 bits per heavy atom. The maximum absolute atomic E-state index is 11.9. The smallest absolute Gasteiger partial charge is 0.446 e.